The van der Waals surface area contributed by atoms with Crippen LogP contribution in [0.1, 0.15) is 33.6 Å². The molecular formula is C9H14O2. The van der Waals surface area contributed by atoms with Crippen LogP contribution >= 0.6 is 0 Å². The molecule has 0 aromatic carbocycles. The summed E-state index contributed by atoms with van der Waals surface area (Å²) in [6.45, 7) is 4.87. The number of carbonyl (C=O) groups is 1. The average Bonchev–Trinajstić information content (AvgIpc) is 1.86. The summed E-state index contributed by atoms with van der Waals surface area (Å²) in [6.07, 6.45) is 1.65. The van der Waals surface area contributed by atoms with Gasteiger partial charge >= 0.3 is 0 Å². The van der Waals surface area contributed by atoms with Crippen molar-refractivity contribution in [2.75, 3.05) is 0 Å². The SMILES string of the molecule is CCCC#CC(=O)C(C)(C)O. The van der Waals surface area contributed by atoms with Crippen molar-refractivity contribution in [1.29, 1.82) is 0 Å². The van der Waals surface area contributed by atoms with Gasteiger partial charge in [-0.3, -0.25) is 4.79 Å². The van der Waals surface area contributed by atoms with Gasteiger partial charge in [0, 0.05) is 6.42 Å². The maximum Gasteiger partial charge on any atom is 0.236 e. The zero-order chi connectivity index (χ0) is 8.91. The van der Waals surface area contributed by atoms with Crippen molar-refractivity contribution in [3.8, 4) is 11.8 Å². The summed E-state index contributed by atoms with van der Waals surface area (Å²) in [5.41, 5.74) is -1.30. The lowest BCUT2D eigenvalue weighted by Gasteiger charge is -2.09. The number of hydrogen-bond donors (Lipinski definition) is 1. The summed E-state index contributed by atoms with van der Waals surface area (Å²) in [7, 11) is 0. The first-order valence-corrected chi connectivity index (χ1v) is 3.74. The van der Waals surface area contributed by atoms with Gasteiger partial charge in [-0.25, -0.2) is 0 Å². The van der Waals surface area contributed by atoms with Gasteiger partial charge in [0.05, 0.1) is 0 Å². The van der Waals surface area contributed by atoms with Gasteiger partial charge in [-0.15, -0.1) is 0 Å². The highest BCUT2D eigenvalue weighted by Gasteiger charge is 2.20. The second-order valence-electron chi connectivity index (χ2n) is 2.94. The molecule has 0 fully saturated rings. The van der Waals surface area contributed by atoms with Crippen molar-refractivity contribution < 1.29 is 9.90 Å². The van der Waals surface area contributed by atoms with Gasteiger partial charge in [-0.1, -0.05) is 12.8 Å². The van der Waals surface area contributed by atoms with Crippen LogP contribution in [0.2, 0.25) is 0 Å². The Morgan fingerprint density at radius 3 is 2.45 bits per heavy atom. The first-order chi connectivity index (χ1) is 4.98. The zero-order valence-electron chi connectivity index (χ0n) is 7.27. The zero-order valence-corrected chi connectivity index (χ0v) is 7.27. The largest absolute Gasteiger partial charge is 0.382 e. The summed E-state index contributed by atoms with van der Waals surface area (Å²) < 4.78 is 0. The highest BCUT2D eigenvalue weighted by Crippen LogP contribution is 2.00. The van der Waals surface area contributed by atoms with Crippen LogP contribution in [0.25, 0.3) is 0 Å². The predicted octanol–water partition coefficient (Wildman–Crippen LogP) is 1.13. The fourth-order valence-electron chi connectivity index (χ4n) is 0.421. The molecule has 0 saturated heterocycles. The molecule has 0 radical (unpaired) electrons. The molecule has 0 aliphatic rings. The third kappa shape index (κ3) is 4.58. The van der Waals surface area contributed by atoms with E-state index in [-0.39, 0.29) is 0 Å². The van der Waals surface area contributed by atoms with Crippen molar-refractivity contribution >= 4 is 5.78 Å². The Bertz CT molecular complexity index is 188. The Morgan fingerprint density at radius 2 is 2.09 bits per heavy atom. The molecule has 0 unspecified atom stereocenters. The van der Waals surface area contributed by atoms with Crippen LogP contribution in [0.5, 0.6) is 0 Å². The highest BCUT2D eigenvalue weighted by molar-refractivity contribution is 6.01. The fourth-order valence-corrected chi connectivity index (χ4v) is 0.421. The Balaban J connectivity index is 4.01. The van der Waals surface area contributed by atoms with Crippen molar-refractivity contribution in [2.24, 2.45) is 0 Å². The molecule has 2 heteroatoms. The summed E-state index contributed by atoms with van der Waals surface area (Å²) in [6, 6.07) is 0. The van der Waals surface area contributed by atoms with Gasteiger partial charge in [0.1, 0.15) is 5.60 Å². The molecule has 0 saturated carbocycles. The van der Waals surface area contributed by atoms with E-state index >= 15 is 0 Å². The van der Waals surface area contributed by atoms with E-state index in [1.54, 1.807) is 0 Å². The lowest BCUT2D eigenvalue weighted by molar-refractivity contribution is -0.127. The van der Waals surface area contributed by atoms with Gasteiger partial charge in [0.2, 0.25) is 5.78 Å². The van der Waals surface area contributed by atoms with Crippen LogP contribution in [0, 0.1) is 11.8 Å². The quantitative estimate of drug-likeness (QED) is 0.478. The van der Waals surface area contributed by atoms with Gasteiger partial charge in [0.15, 0.2) is 0 Å². The highest BCUT2D eigenvalue weighted by atomic mass is 16.3. The minimum Gasteiger partial charge on any atom is -0.382 e. The molecule has 1 N–H and O–H groups in total. The number of Topliss-reactive ketones (excluding diaryl/α,β-unsaturated/α-hetero) is 1. The van der Waals surface area contributed by atoms with E-state index in [2.05, 4.69) is 11.8 Å². The van der Waals surface area contributed by atoms with E-state index < -0.39 is 11.4 Å². The molecule has 0 amide bonds. The van der Waals surface area contributed by atoms with Crippen LogP contribution in [0.4, 0.5) is 0 Å². The number of carbonyl (C=O) groups excluding carboxylic acids is 1. The van der Waals surface area contributed by atoms with Crippen LogP contribution in [-0.4, -0.2) is 16.5 Å². The molecule has 0 aliphatic heterocycles. The topological polar surface area (TPSA) is 37.3 Å². The van der Waals surface area contributed by atoms with E-state index in [0.29, 0.717) is 6.42 Å². The maximum atomic E-state index is 10.9. The monoisotopic (exact) mass is 154 g/mol. The first kappa shape index (κ1) is 10.2. The summed E-state index contributed by atoms with van der Waals surface area (Å²) >= 11 is 0. The van der Waals surface area contributed by atoms with E-state index in [9.17, 15) is 4.79 Å². The predicted molar refractivity (Wildman–Crippen MR) is 44.0 cm³/mol. The molecule has 0 bridgehead atoms. The molecule has 62 valence electrons. The fraction of sp³-hybridized carbons (Fsp3) is 0.667. The second kappa shape index (κ2) is 4.15. The van der Waals surface area contributed by atoms with E-state index in [4.69, 9.17) is 5.11 Å². The smallest absolute Gasteiger partial charge is 0.236 e. The third-order valence-electron chi connectivity index (χ3n) is 1.13. The molecule has 0 atom stereocenters. The minimum atomic E-state index is -1.30. The number of rotatable bonds is 2. The van der Waals surface area contributed by atoms with E-state index in [1.165, 1.54) is 13.8 Å². The average molecular weight is 154 g/mol. The Labute approximate surface area is 67.6 Å². The third-order valence-corrected chi connectivity index (χ3v) is 1.13. The Kier molecular flexibility index (Phi) is 3.84. The van der Waals surface area contributed by atoms with Crippen molar-refractivity contribution in [1.82, 2.24) is 0 Å². The first-order valence-electron chi connectivity index (χ1n) is 3.74. The molecule has 2 nitrogen and oxygen atoms in total. The minimum absolute atomic E-state index is 0.411. The number of aliphatic hydroxyl groups is 1. The van der Waals surface area contributed by atoms with Gasteiger partial charge in [-0.2, -0.15) is 0 Å². The lowest BCUT2D eigenvalue weighted by Crippen LogP contribution is -2.29. The molecule has 11 heavy (non-hydrogen) atoms. The van der Waals surface area contributed by atoms with Crippen molar-refractivity contribution in [3.05, 3.63) is 0 Å². The molecule has 0 aliphatic carbocycles. The summed E-state index contributed by atoms with van der Waals surface area (Å²) in [5, 5.41) is 9.13. The summed E-state index contributed by atoms with van der Waals surface area (Å²) in [4.78, 5) is 10.9. The molecule has 0 aromatic heterocycles. The van der Waals surface area contributed by atoms with Gasteiger partial charge < -0.3 is 5.11 Å². The molecule has 0 spiro atoms. The van der Waals surface area contributed by atoms with Gasteiger partial charge in [-0.05, 0) is 26.2 Å². The van der Waals surface area contributed by atoms with Crippen molar-refractivity contribution in [2.45, 2.75) is 39.2 Å². The standard InChI is InChI=1S/C9H14O2/c1-4-5-6-7-8(10)9(2,3)11/h11H,4-5H2,1-3H3. The molecular weight excluding hydrogens is 140 g/mol. The number of ketones is 1. The van der Waals surface area contributed by atoms with Crippen LogP contribution in [0.3, 0.4) is 0 Å². The van der Waals surface area contributed by atoms with Crippen LogP contribution in [-0.2, 0) is 4.79 Å². The van der Waals surface area contributed by atoms with E-state index in [1.807, 2.05) is 6.92 Å². The van der Waals surface area contributed by atoms with Gasteiger partial charge in [0.25, 0.3) is 0 Å². The lowest BCUT2D eigenvalue weighted by atomic mass is 10.0. The maximum absolute atomic E-state index is 10.9. The summed E-state index contributed by atoms with van der Waals surface area (Å²) in [5.74, 6) is 4.66. The molecule has 0 aromatic rings. The van der Waals surface area contributed by atoms with E-state index in [0.717, 1.165) is 6.42 Å². The normalized spacial score (nSPS) is 10.2. The van der Waals surface area contributed by atoms with Crippen LogP contribution < -0.4 is 0 Å². The molecule has 0 rings (SSSR count). The Hall–Kier alpha value is -0.810. The second-order valence-corrected chi connectivity index (χ2v) is 2.94. The molecule has 0 heterocycles. The number of unbranched alkanes of at least 4 members (excludes halogenated alkanes) is 1. The Morgan fingerprint density at radius 1 is 1.55 bits per heavy atom. The van der Waals surface area contributed by atoms with Crippen molar-refractivity contribution in [3.63, 3.8) is 0 Å². The number of hydrogen-bond acceptors (Lipinski definition) is 2. The van der Waals surface area contributed by atoms with Crippen LogP contribution in [0.15, 0.2) is 0 Å².